The minimum atomic E-state index is 0. The molecule has 3 N–H and O–H groups in total. The second kappa shape index (κ2) is 5.92. The van der Waals surface area contributed by atoms with Crippen LogP contribution >= 0.6 is 12.4 Å². The fourth-order valence-corrected chi connectivity index (χ4v) is 2.79. The van der Waals surface area contributed by atoms with Gasteiger partial charge in [0.15, 0.2) is 0 Å². The number of fused-ring (bicyclic) bond motifs is 1. The molecule has 2 atom stereocenters. The molecule has 3 rings (SSSR count). The minimum absolute atomic E-state index is 0. The van der Waals surface area contributed by atoms with Gasteiger partial charge in [0.05, 0.1) is 17.9 Å². The predicted octanol–water partition coefficient (Wildman–Crippen LogP) is 1.18. The topological polar surface area (TPSA) is 69.8 Å². The molecule has 5 nitrogen and oxygen atoms in total. The van der Waals surface area contributed by atoms with E-state index in [4.69, 9.17) is 0 Å². The van der Waals surface area contributed by atoms with Crippen molar-refractivity contribution in [2.45, 2.75) is 32.2 Å². The van der Waals surface area contributed by atoms with Gasteiger partial charge in [-0.1, -0.05) is 6.92 Å². The Bertz CT molecular complexity index is 444. The molecule has 6 heteroatoms. The Balaban J connectivity index is 0.00000133. The number of aromatic amines is 1. The highest BCUT2D eigenvalue weighted by molar-refractivity contribution is 5.85. The molecule has 1 aliphatic heterocycles. The highest BCUT2D eigenvalue weighted by atomic mass is 35.5. The molecule has 0 spiro atoms. The Morgan fingerprint density at radius 3 is 3.00 bits per heavy atom. The molecular weight excluding hydrogens is 264 g/mol. The third kappa shape index (κ3) is 2.77. The van der Waals surface area contributed by atoms with Crippen molar-refractivity contribution in [1.29, 1.82) is 0 Å². The van der Waals surface area contributed by atoms with Gasteiger partial charge < -0.3 is 10.6 Å². The highest BCUT2D eigenvalue weighted by Gasteiger charge is 2.31. The van der Waals surface area contributed by atoms with Gasteiger partial charge in [0.2, 0.25) is 5.91 Å². The van der Waals surface area contributed by atoms with Crippen LogP contribution in [0.3, 0.4) is 0 Å². The van der Waals surface area contributed by atoms with Crippen LogP contribution in [-0.2, 0) is 11.2 Å². The molecule has 0 aromatic carbocycles. The van der Waals surface area contributed by atoms with Crippen molar-refractivity contribution in [3.8, 4) is 0 Å². The average molecular weight is 285 g/mol. The monoisotopic (exact) mass is 284 g/mol. The Morgan fingerprint density at radius 1 is 1.53 bits per heavy atom. The van der Waals surface area contributed by atoms with Crippen LogP contribution in [0.15, 0.2) is 6.20 Å². The maximum absolute atomic E-state index is 12.2. The number of nitrogens with one attached hydrogen (secondary N) is 3. The van der Waals surface area contributed by atoms with Crippen LogP contribution in [0.5, 0.6) is 0 Å². The van der Waals surface area contributed by atoms with Crippen LogP contribution in [-0.4, -0.2) is 29.2 Å². The highest BCUT2D eigenvalue weighted by Crippen LogP contribution is 2.28. The summed E-state index contributed by atoms with van der Waals surface area (Å²) in [6.07, 6.45) is 5.08. The summed E-state index contributed by atoms with van der Waals surface area (Å²) in [7, 11) is 0. The number of carbonyl (C=O) groups excluding carboxylic acids is 1. The van der Waals surface area contributed by atoms with Crippen molar-refractivity contribution < 1.29 is 4.79 Å². The number of hydrogen-bond donors (Lipinski definition) is 3. The molecular formula is C13H21ClN4O. The Labute approximate surface area is 119 Å². The molecule has 1 amide bonds. The number of aromatic nitrogens is 2. The van der Waals surface area contributed by atoms with Crippen molar-refractivity contribution >= 4 is 18.3 Å². The Hall–Kier alpha value is -1.07. The Morgan fingerprint density at radius 2 is 2.32 bits per heavy atom. The van der Waals surface area contributed by atoms with Crippen molar-refractivity contribution in [1.82, 2.24) is 20.8 Å². The van der Waals surface area contributed by atoms with Crippen LogP contribution in [0.4, 0.5) is 0 Å². The van der Waals surface area contributed by atoms with Gasteiger partial charge in [-0.3, -0.25) is 9.89 Å². The lowest BCUT2D eigenvalue weighted by atomic mass is 9.87. The van der Waals surface area contributed by atoms with Crippen LogP contribution in [0.25, 0.3) is 0 Å². The number of amides is 1. The summed E-state index contributed by atoms with van der Waals surface area (Å²) < 4.78 is 0. The summed E-state index contributed by atoms with van der Waals surface area (Å²) in [6, 6.07) is 0.124. The molecule has 1 aliphatic carbocycles. The van der Waals surface area contributed by atoms with E-state index in [9.17, 15) is 4.79 Å². The fraction of sp³-hybridized carbons (Fsp3) is 0.692. The minimum Gasteiger partial charge on any atom is -0.347 e. The molecule has 0 radical (unpaired) electrons. The van der Waals surface area contributed by atoms with Crippen LogP contribution in [0.2, 0.25) is 0 Å². The van der Waals surface area contributed by atoms with Gasteiger partial charge in [-0.25, -0.2) is 0 Å². The predicted molar refractivity (Wildman–Crippen MR) is 75.2 cm³/mol. The zero-order valence-electron chi connectivity index (χ0n) is 11.1. The van der Waals surface area contributed by atoms with Crippen molar-refractivity contribution in [2.75, 3.05) is 13.1 Å². The molecule has 0 bridgehead atoms. The SMILES string of the molecule is CC(C(=O)NC1CCCc2cn[nH]c21)C1CNC1.Cl. The molecule has 0 saturated carbocycles. The Kier molecular flexibility index (Phi) is 4.47. The number of H-pyrrole nitrogens is 1. The lowest BCUT2D eigenvalue weighted by Gasteiger charge is -2.33. The van der Waals surface area contributed by atoms with Crippen molar-refractivity contribution in [3.05, 3.63) is 17.5 Å². The van der Waals surface area contributed by atoms with Gasteiger partial charge in [0.1, 0.15) is 0 Å². The van der Waals surface area contributed by atoms with Crippen LogP contribution in [0.1, 0.15) is 37.1 Å². The molecule has 1 fully saturated rings. The molecule has 1 aromatic rings. The fourth-order valence-electron chi connectivity index (χ4n) is 2.79. The smallest absolute Gasteiger partial charge is 0.223 e. The van der Waals surface area contributed by atoms with Crippen LogP contribution in [0, 0.1) is 11.8 Å². The molecule has 2 aliphatic rings. The first-order chi connectivity index (χ1) is 8.75. The standard InChI is InChI=1S/C13H20N4O.ClH/c1-8(10-5-14-6-10)13(18)16-11-4-2-3-9-7-15-17-12(9)11;/h7-8,10-11,14H,2-6H2,1H3,(H,15,17)(H,16,18);1H. The lowest BCUT2D eigenvalue weighted by molar-refractivity contribution is -0.127. The van der Waals surface area contributed by atoms with E-state index >= 15 is 0 Å². The van der Waals surface area contributed by atoms with Gasteiger partial charge in [-0.05, 0) is 43.8 Å². The van der Waals surface area contributed by atoms with Gasteiger partial charge in [0, 0.05) is 5.92 Å². The van der Waals surface area contributed by atoms with E-state index in [1.54, 1.807) is 0 Å². The summed E-state index contributed by atoms with van der Waals surface area (Å²) in [5.74, 6) is 0.767. The van der Waals surface area contributed by atoms with Crippen LogP contribution < -0.4 is 10.6 Å². The van der Waals surface area contributed by atoms with E-state index in [1.165, 1.54) is 5.56 Å². The first-order valence-electron chi connectivity index (χ1n) is 6.79. The normalized spacial score (nSPS) is 23.7. The molecule has 2 heterocycles. The van der Waals surface area contributed by atoms with E-state index in [0.29, 0.717) is 5.92 Å². The third-order valence-electron chi connectivity index (χ3n) is 4.29. The molecule has 19 heavy (non-hydrogen) atoms. The maximum Gasteiger partial charge on any atom is 0.223 e. The molecule has 106 valence electrons. The van der Waals surface area contributed by atoms with Gasteiger partial charge in [0.25, 0.3) is 0 Å². The summed E-state index contributed by atoms with van der Waals surface area (Å²) in [6.45, 7) is 3.96. The summed E-state index contributed by atoms with van der Waals surface area (Å²) in [5, 5.41) is 13.5. The third-order valence-corrected chi connectivity index (χ3v) is 4.29. The number of aryl methyl sites for hydroxylation is 1. The van der Waals surface area contributed by atoms with Gasteiger partial charge >= 0.3 is 0 Å². The van der Waals surface area contributed by atoms with Crippen molar-refractivity contribution in [3.63, 3.8) is 0 Å². The van der Waals surface area contributed by atoms with Gasteiger partial charge in [-0.2, -0.15) is 5.10 Å². The maximum atomic E-state index is 12.2. The first-order valence-corrected chi connectivity index (χ1v) is 6.79. The first kappa shape index (κ1) is 14.3. The van der Waals surface area contributed by atoms with Crippen molar-refractivity contribution in [2.24, 2.45) is 11.8 Å². The largest absolute Gasteiger partial charge is 0.347 e. The summed E-state index contributed by atoms with van der Waals surface area (Å²) in [4.78, 5) is 12.2. The average Bonchev–Trinajstić information content (AvgIpc) is 2.75. The number of carbonyl (C=O) groups is 1. The molecule has 2 unspecified atom stereocenters. The van der Waals surface area contributed by atoms with E-state index in [-0.39, 0.29) is 30.3 Å². The summed E-state index contributed by atoms with van der Waals surface area (Å²) >= 11 is 0. The van der Waals surface area contributed by atoms with E-state index in [1.807, 2.05) is 13.1 Å². The number of rotatable bonds is 3. The van der Waals surface area contributed by atoms with E-state index in [0.717, 1.165) is 38.0 Å². The number of hydrogen-bond acceptors (Lipinski definition) is 3. The second-order valence-electron chi connectivity index (χ2n) is 5.47. The summed E-state index contributed by atoms with van der Waals surface area (Å²) in [5.41, 5.74) is 2.36. The molecule has 1 saturated heterocycles. The zero-order valence-corrected chi connectivity index (χ0v) is 11.9. The number of halogens is 1. The van der Waals surface area contributed by atoms with E-state index < -0.39 is 0 Å². The van der Waals surface area contributed by atoms with Gasteiger partial charge in [-0.15, -0.1) is 12.4 Å². The second-order valence-corrected chi connectivity index (χ2v) is 5.47. The molecule has 1 aromatic heterocycles. The number of nitrogens with zero attached hydrogens (tertiary/aromatic N) is 1. The zero-order chi connectivity index (χ0) is 12.5. The quantitative estimate of drug-likeness (QED) is 0.781. The lowest BCUT2D eigenvalue weighted by Crippen LogP contribution is -2.50. The van der Waals surface area contributed by atoms with E-state index in [2.05, 4.69) is 20.8 Å².